The average molecular weight is 550 g/mol. The van der Waals surface area contributed by atoms with Gasteiger partial charge in [-0.1, -0.05) is 0 Å². The van der Waals surface area contributed by atoms with E-state index in [2.05, 4.69) is 12.7 Å². The molecule has 0 aliphatic rings. The Bertz CT molecular complexity index is 246. The van der Waals surface area contributed by atoms with Crippen molar-refractivity contribution in [3.05, 3.63) is 0 Å². The monoisotopic (exact) mass is 550 g/mol. The molecule has 0 amide bonds. The van der Waals surface area contributed by atoms with E-state index in [9.17, 15) is 0 Å². The van der Waals surface area contributed by atoms with E-state index in [0.717, 1.165) is 39.1 Å². The SMILES string of the molecule is COCCOCC[CH2][Sn]([Br])([CH2]CCOCCOC)[CH2]CCOCCOC. The van der Waals surface area contributed by atoms with Gasteiger partial charge in [0.15, 0.2) is 0 Å². The van der Waals surface area contributed by atoms with Crippen LogP contribution in [-0.4, -0.2) is 96.9 Å². The molecule has 0 saturated heterocycles. The van der Waals surface area contributed by atoms with Gasteiger partial charge in [-0.2, -0.15) is 0 Å². The normalized spacial score (nSPS) is 12.0. The molecule has 0 aromatic heterocycles. The molecule has 26 heavy (non-hydrogen) atoms. The van der Waals surface area contributed by atoms with Gasteiger partial charge in [-0.05, 0) is 0 Å². The van der Waals surface area contributed by atoms with Crippen molar-refractivity contribution >= 4 is 28.9 Å². The maximum atomic E-state index is 5.62. The molecule has 0 atom stereocenters. The first kappa shape index (κ1) is 27.0. The number of rotatable bonds is 21. The molecule has 8 heteroatoms. The number of hydrogen-bond donors (Lipinski definition) is 0. The molecule has 0 spiro atoms. The fraction of sp³-hybridized carbons (Fsp3) is 1.00. The minimum atomic E-state index is -2.29. The first-order valence-electron chi connectivity index (χ1n) is 9.57. The topological polar surface area (TPSA) is 55.4 Å². The van der Waals surface area contributed by atoms with E-state index in [1.165, 1.54) is 13.3 Å². The van der Waals surface area contributed by atoms with Crippen molar-refractivity contribution in [1.29, 1.82) is 0 Å². The van der Waals surface area contributed by atoms with Crippen molar-refractivity contribution in [2.24, 2.45) is 0 Å². The molecule has 158 valence electrons. The van der Waals surface area contributed by atoms with Gasteiger partial charge >= 0.3 is 171 Å². The summed E-state index contributed by atoms with van der Waals surface area (Å²) in [4.78, 5) is 0. The fourth-order valence-corrected chi connectivity index (χ4v) is 17.0. The van der Waals surface area contributed by atoms with Crippen LogP contribution in [0.25, 0.3) is 0 Å². The summed E-state index contributed by atoms with van der Waals surface area (Å²) in [6.07, 6.45) is 3.38. The summed E-state index contributed by atoms with van der Waals surface area (Å²) in [6.45, 7) is 6.51. The van der Waals surface area contributed by atoms with Gasteiger partial charge in [0.25, 0.3) is 0 Å². The van der Waals surface area contributed by atoms with Gasteiger partial charge in [-0.15, -0.1) is 0 Å². The van der Waals surface area contributed by atoms with Gasteiger partial charge in [0.05, 0.1) is 0 Å². The molecule has 0 radical (unpaired) electrons. The fourth-order valence-electron chi connectivity index (χ4n) is 2.58. The van der Waals surface area contributed by atoms with Crippen LogP contribution in [0.4, 0.5) is 0 Å². The Hall–Kier alpha value is 1.04. The van der Waals surface area contributed by atoms with Crippen LogP contribution >= 0.6 is 12.7 Å². The molecule has 0 unspecified atom stereocenters. The Morgan fingerprint density at radius 2 is 0.808 bits per heavy atom. The Kier molecular flexibility index (Phi) is 21.6. The summed E-state index contributed by atoms with van der Waals surface area (Å²) in [5.41, 5.74) is 0. The van der Waals surface area contributed by atoms with Crippen LogP contribution in [0.5, 0.6) is 0 Å². The van der Waals surface area contributed by atoms with Crippen LogP contribution in [0.3, 0.4) is 0 Å². The quantitative estimate of drug-likeness (QED) is 0.161. The van der Waals surface area contributed by atoms with Crippen LogP contribution in [0.1, 0.15) is 19.3 Å². The third kappa shape index (κ3) is 18.4. The zero-order valence-electron chi connectivity index (χ0n) is 16.9. The van der Waals surface area contributed by atoms with Crippen molar-refractivity contribution in [1.82, 2.24) is 0 Å². The molecule has 0 aromatic carbocycles. The van der Waals surface area contributed by atoms with Gasteiger partial charge in [-0.3, -0.25) is 0 Å². The molecule has 0 aliphatic heterocycles. The Morgan fingerprint density at radius 1 is 0.500 bits per heavy atom. The number of methoxy groups -OCH3 is 3. The Morgan fingerprint density at radius 3 is 1.08 bits per heavy atom. The van der Waals surface area contributed by atoms with E-state index in [0.29, 0.717) is 39.6 Å². The molecule has 0 aliphatic carbocycles. The third-order valence-corrected chi connectivity index (χ3v) is 22.7. The standard InChI is InChI=1S/3C6H13O2.BrH.Sn/c3*1-3-4-8-6-5-7-2;;/h3*1,3-6H2,2H3;1H;/q;;;;+1/p-1. The Balaban J connectivity index is 4.02. The maximum absolute atomic E-state index is 5.62. The van der Waals surface area contributed by atoms with Crippen LogP contribution < -0.4 is 0 Å². The number of hydrogen-bond acceptors (Lipinski definition) is 6. The van der Waals surface area contributed by atoms with Crippen LogP contribution in [0, 0.1) is 0 Å². The van der Waals surface area contributed by atoms with Gasteiger partial charge in [0.2, 0.25) is 0 Å². The zero-order valence-corrected chi connectivity index (χ0v) is 21.4. The first-order valence-corrected chi connectivity index (χ1v) is 22.0. The molecule has 6 nitrogen and oxygen atoms in total. The molecule has 0 bridgehead atoms. The molecule has 0 heterocycles. The van der Waals surface area contributed by atoms with E-state index >= 15 is 0 Å². The van der Waals surface area contributed by atoms with E-state index < -0.39 is 16.2 Å². The summed E-state index contributed by atoms with van der Waals surface area (Å²) in [5, 5.41) is 0. The van der Waals surface area contributed by atoms with Crippen LogP contribution in [0.15, 0.2) is 0 Å². The number of ether oxygens (including phenoxy) is 6. The van der Waals surface area contributed by atoms with Gasteiger partial charge in [0.1, 0.15) is 0 Å². The predicted octanol–water partition coefficient (Wildman–Crippen LogP) is 3.49. The van der Waals surface area contributed by atoms with Gasteiger partial charge < -0.3 is 0 Å². The molecule has 0 aromatic rings. The summed E-state index contributed by atoms with van der Waals surface area (Å²) >= 11 is 1.91. The van der Waals surface area contributed by atoms with E-state index in [-0.39, 0.29) is 0 Å². The minimum absolute atomic E-state index is 0.667. The van der Waals surface area contributed by atoms with Crippen molar-refractivity contribution in [2.45, 2.75) is 32.6 Å². The number of halogens is 1. The van der Waals surface area contributed by atoms with Crippen molar-refractivity contribution < 1.29 is 28.4 Å². The van der Waals surface area contributed by atoms with Gasteiger partial charge in [0, 0.05) is 0 Å². The third-order valence-electron chi connectivity index (χ3n) is 4.04. The second kappa shape index (κ2) is 20.8. The summed E-state index contributed by atoms with van der Waals surface area (Å²) in [6, 6.07) is 0. The van der Waals surface area contributed by atoms with Gasteiger partial charge in [-0.25, -0.2) is 0 Å². The molecule has 0 N–H and O–H groups in total. The van der Waals surface area contributed by atoms with Crippen molar-refractivity contribution in [3.8, 4) is 0 Å². The Labute approximate surface area is 170 Å². The first-order chi connectivity index (χ1) is 12.7. The van der Waals surface area contributed by atoms with Crippen molar-refractivity contribution in [3.63, 3.8) is 0 Å². The summed E-state index contributed by atoms with van der Waals surface area (Å²) < 4.78 is 35.8. The summed E-state index contributed by atoms with van der Waals surface area (Å²) in [5.74, 6) is 0. The molecular formula is C18H39BrO6Sn. The van der Waals surface area contributed by atoms with E-state index in [4.69, 9.17) is 28.4 Å². The van der Waals surface area contributed by atoms with E-state index in [1.54, 1.807) is 21.3 Å². The predicted molar refractivity (Wildman–Crippen MR) is 111 cm³/mol. The average Bonchev–Trinajstić information content (AvgIpc) is 2.64. The molecule has 0 rings (SSSR count). The second-order valence-electron chi connectivity index (χ2n) is 6.28. The molecule has 0 saturated carbocycles. The zero-order chi connectivity index (χ0) is 19.3. The molecular weight excluding hydrogens is 511 g/mol. The van der Waals surface area contributed by atoms with Crippen LogP contribution in [0.2, 0.25) is 13.3 Å². The second-order valence-corrected chi connectivity index (χ2v) is 28.4. The molecule has 0 fully saturated rings. The summed E-state index contributed by atoms with van der Waals surface area (Å²) in [7, 11) is 5.10. The van der Waals surface area contributed by atoms with Crippen LogP contribution in [-0.2, 0) is 28.4 Å². The van der Waals surface area contributed by atoms with E-state index in [1.807, 2.05) is 0 Å². The van der Waals surface area contributed by atoms with Crippen molar-refractivity contribution in [2.75, 3.05) is 80.8 Å².